The lowest BCUT2D eigenvalue weighted by atomic mass is 10.2. The van der Waals surface area contributed by atoms with Gasteiger partial charge < -0.3 is 9.47 Å². The van der Waals surface area contributed by atoms with Crippen LogP contribution in [0.3, 0.4) is 0 Å². The van der Waals surface area contributed by atoms with Gasteiger partial charge in [-0.25, -0.2) is 0 Å². The maximum atomic E-state index is 5.52. The number of benzene rings is 1. The molecule has 0 N–H and O–H groups in total. The normalized spacial score (nSPS) is 11.1. The molecule has 0 aliphatic carbocycles. The van der Waals surface area contributed by atoms with Crippen LogP contribution in [-0.4, -0.2) is 14.2 Å². The highest BCUT2D eigenvalue weighted by atomic mass is 32.1. The SMILES string of the molecule is COc1cc2cc3sccc3c(OC)c2s1. The second kappa shape index (κ2) is 3.64. The molecule has 0 spiro atoms. The predicted octanol–water partition coefficient (Wildman–Crippen LogP) is 4.13. The average molecular weight is 250 g/mol. The summed E-state index contributed by atoms with van der Waals surface area (Å²) in [7, 11) is 3.41. The number of hydrogen-bond acceptors (Lipinski definition) is 4. The molecule has 3 aromatic rings. The highest BCUT2D eigenvalue weighted by molar-refractivity contribution is 7.21. The zero-order valence-electron chi connectivity index (χ0n) is 8.94. The second-order valence-corrected chi connectivity index (χ2v) is 5.39. The van der Waals surface area contributed by atoms with Gasteiger partial charge >= 0.3 is 0 Å². The lowest BCUT2D eigenvalue weighted by Gasteiger charge is -2.02. The number of methoxy groups -OCH3 is 2. The van der Waals surface area contributed by atoms with E-state index in [1.807, 2.05) is 0 Å². The van der Waals surface area contributed by atoms with E-state index >= 15 is 0 Å². The lowest BCUT2D eigenvalue weighted by Crippen LogP contribution is -1.82. The number of rotatable bonds is 2. The molecule has 2 nitrogen and oxygen atoms in total. The second-order valence-electron chi connectivity index (χ2n) is 3.43. The van der Waals surface area contributed by atoms with Crippen molar-refractivity contribution in [3.63, 3.8) is 0 Å². The highest BCUT2D eigenvalue weighted by Crippen LogP contribution is 2.43. The molecule has 0 atom stereocenters. The number of hydrogen-bond donors (Lipinski definition) is 0. The first kappa shape index (κ1) is 9.93. The largest absolute Gasteiger partial charge is 0.495 e. The zero-order chi connectivity index (χ0) is 11.1. The van der Waals surface area contributed by atoms with Crippen LogP contribution < -0.4 is 9.47 Å². The average Bonchev–Trinajstić information content (AvgIpc) is 2.90. The van der Waals surface area contributed by atoms with Crippen molar-refractivity contribution >= 4 is 42.8 Å². The molecular formula is C12H10O2S2. The molecule has 0 unspecified atom stereocenters. The molecule has 0 saturated carbocycles. The third kappa shape index (κ3) is 1.30. The first-order valence-corrected chi connectivity index (χ1v) is 6.55. The summed E-state index contributed by atoms with van der Waals surface area (Å²) in [6, 6.07) is 6.35. The van der Waals surface area contributed by atoms with Crippen molar-refractivity contribution in [3.05, 3.63) is 23.6 Å². The van der Waals surface area contributed by atoms with Crippen molar-refractivity contribution in [2.45, 2.75) is 0 Å². The van der Waals surface area contributed by atoms with Gasteiger partial charge in [-0.3, -0.25) is 0 Å². The fraction of sp³-hybridized carbons (Fsp3) is 0.167. The minimum absolute atomic E-state index is 0.922. The van der Waals surface area contributed by atoms with E-state index in [4.69, 9.17) is 9.47 Å². The molecule has 4 heteroatoms. The Bertz CT molecular complexity index is 651. The molecule has 3 rings (SSSR count). The van der Waals surface area contributed by atoms with Crippen LogP contribution in [0.4, 0.5) is 0 Å². The molecule has 0 fully saturated rings. The van der Waals surface area contributed by atoms with Gasteiger partial charge in [0.2, 0.25) is 0 Å². The van der Waals surface area contributed by atoms with E-state index in [1.165, 1.54) is 15.5 Å². The van der Waals surface area contributed by atoms with E-state index in [-0.39, 0.29) is 0 Å². The summed E-state index contributed by atoms with van der Waals surface area (Å²) in [5.41, 5.74) is 0. The Kier molecular flexibility index (Phi) is 2.26. The highest BCUT2D eigenvalue weighted by Gasteiger charge is 2.12. The fourth-order valence-electron chi connectivity index (χ4n) is 1.85. The molecule has 0 saturated heterocycles. The Balaban J connectivity index is 2.46. The number of fused-ring (bicyclic) bond motifs is 2. The molecule has 1 aromatic carbocycles. The van der Waals surface area contributed by atoms with Gasteiger partial charge in [-0.05, 0) is 23.6 Å². The third-order valence-electron chi connectivity index (χ3n) is 2.58. The Hall–Kier alpha value is -1.26. The fourth-order valence-corrected chi connectivity index (χ4v) is 3.68. The van der Waals surface area contributed by atoms with E-state index in [1.54, 1.807) is 36.9 Å². The van der Waals surface area contributed by atoms with Gasteiger partial charge in [0.15, 0.2) is 5.06 Å². The quantitative estimate of drug-likeness (QED) is 0.680. The van der Waals surface area contributed by atoms with Crippen LogP contribution in [0.25, 0.3) is 20.2 Å². The first-order chi connectivity index (χ1) is 7.83. The number of thiophene rings is 2. The molecule has 0 aliphatic rings. The third-order valence-corrected chi connectivity index (χ3v) is 4.55. The van der Waals surface area contributed by atoms with Gasteiger partial charge in [-0.15, -0.1) is 11.3 Å². The van der Waals surface area contributed by atoms with Crippen molar-refractivity contribution in [2.75, 3.05) is 14.2 Å². The molecule has 2 heterocycles. The topological polar surface area (TPSA) is 18.5 Å². The van der Waals surface area contributed by atoms with Crippen molar-refractivity contribution in [1.29, 1.82) is 0 Å². The molecule has 82 valence electrons. The van der Waals surface area contributed by atoms with E-state index in [0.29, 0.717) is 0 Å². The van der Waals surface area contributed by atoms with E-state index in [9.17, 15) is 0 Å². The monoisotopic (exact) mass is 250 g/mol. The van der Waals surface area contributed by atoms with Crippen LogP contribution in [0, 0.1) is 0 Å². The summed E-state index contributed by atoms with van der Waals surface area (Å²) < 4.78 is 13.2. The van der Waals surface area contributed by atoms with E-state index in [0.717, 1.165) is 15.5 Å². The van der Waals surface area contributed by atoms with Crippen molar-refractivity contribution in [1.82, 2.24) is 0 Å². The Morgan fingerprint density at radius 3 is 2.75 bits per heavy atom. The van der Waals surface area contributed by atoms with Crippen LogP contribution in [0.5, 0.6) is 10.8 Å². The van der Waals surface area contributed by atoms with Gasteiger partial charge in [0, 0.05) is 15.5 Å². The first-order valence-electron chi connectivity index (χ1n) is 4.85. The van der Waals surface area contributed by atoms with Gasteiger partial charge in [0.1, 0.15) is 5.75 Å². The summed E-state index contributed by atoms with van der Waals surface area (Å²) in [4.78, 5) is 0. The van der Waals surface area contributed by atoms with Crippen molar-refractivity contribution in [2.24, 2.45) is 0 Å². The molecule has 16 heavy (non-hydrogen) atoms. The van der Waals surface area contributed by atoms with Crippen LogP contribution in [0.1, 0.15) is 0 Å². The maximum absolute atomic E-state index is 5.52. The summed E-state index contributed by atoms with van der Waals surface area (Å²) in [6.07, 6.45) is 0. The molecule has 0 aliphatic heterocycles. The molecule has 0 amide bonds. The Labute approximate surface area is 101 Å². The summed E-state index contributed by atoms with van der Waals surface area (Å²) >= 11 is 3.36. The maximum Gasteiger partial charge on any atom is 0.174 e. The number of ether oxygens (including phenoxy) is 2. The molecular weight excluding hydrogens is 240 g/mol. The summed E-state index contributed by atoms with van der Waals surface area (Å²) in [5, 5.41) is 5.39. The molecule has 2 aromatic heterocycles. The lowest BCUT2D eigenvalue weighted by molar-refractivity contribution is 0.425. The standard InChI is InChI=1S/C12H10O2S2/c1-13-10-6-7-5-9-8(3-4-15-9)11(14-2)12(7)16-10/h3-6H,1-2H3. The predicted molar refractivity (Wildman–Crippen MR) is 70.3 cm³/mol. The summed E-state index contributed by atoms with van der Waals surface area (Å²) in [6.45, 7) is 0. The Morgan fingerprint density at radius 2 is 2.00 bits per heavy atom. The molecule has 0 radical (unpaired) electrons. The van der Waals surface area contributed by atoms with Gasteiger partial charge in [-0.2, -0.15) is 0 Å². The summed E-state index contributed by atoms with van der Waals surface area (Å²) in [5.74, 6) is 0.960. The Morgan fingerprint density at radius 1 is 1.12 bits per heavy atom. The van der Waals surface area contributed by atoms with Crippen molar-refractivity contribution in [3.8, 4) is 10.8 Å². The minimum Gasteiger partial charge on any atom is -0.495 e. The molecule has 0 bridgehead atoms. The minimum atomic E-state index is 0.922. The van der Waals surface area contributed by atoms with Crippen LogP contribution >= 0.6 is 22.7 Å². The van der Waals surface area contributed by atoms with Crippen LogP contribution in [0.15, 0.2) is 23.6 Å². The van der Waals surface area contributed by atoms with Gasteiger partial charge in [-0.1, -0.05) is 11.3 Å². The van der Waals surface area contributed by atoms with Gasteiger partial charge in [0.25, 0.3) is 0 Å². The van der Waals surface area contributed by atoms with E-state index < -0.39 is 0 Å². The zero-order valence-corrected chi connectivity index (χ0v) is 10.6. The van der Waals surface area contributed by atoms with Crippen molar-refractivity contribution < 1.29 is 9.47 Å². The van der Waals surface area contributed by atoms with Gasteiger partial charge in [0.05, 0.1) is 18.9 Å². The van der Waals surface area contributed by atoms with E-state index in [2.05, 4.69) is 23.6 Å². The smallest absolute Gasteiger partial charge is 0.174 e. The van der Waals surface area contributed by atoms with Crippen LogP contribution in [-0.2, 0) is 0 Å². The van der Waals surface area contributed by atoms with Crippen LogP contribution in [0.2, 0.25) is 0 Å².